The summed E-state index contributed by atoms with van der Waals surface area (Å²) in [5.74, 6) is 0.966. The van der Waals surface area contributed by atoms with Crippen molar-refractivity contribution in [2.24, 2.45) is 11.8 Å². The van der Waals surface area contributed by atoms with E-state index in [0.29, 0.717) is 23.2 Å². The number of thiophene rings is 1. The molecule has 1 unspecified atom stereocenters. The average molecular weight is 268 g/mol. The SMILES string of the molecule is CC(C)C(C)Cn1c(=S)[nH]c2sccc2c1=O. The molecule has 2 heterocycles. The second-order valence-electron chi connectivity index (χ2n) is 4.73. The summed E-state index contributed by atoms with van der Waals surface area (Å²) >= 11 is 6.77. The minimum Gasteiger partial charge on any atom is -0.323 e. The lowest BCUT2D eigenvalue weighted by Gasteiger charge is -2.16. The van der Waals surface area contributed by atoms with Crippen molar-refractivity contribution in [2.75, 3.05) is 0 Å². The van der Waals surface area contributed by atoms with Gasteiger partial charge in [0.2, 0.25) is 0 Å². The fourth-order valence-electron chi connectivity index (χ4n) is 1.64. The lowest BCUT2D eigenvalue weighted by Crippen LogP contribution is -2.26. The van der Waals surface area contributed by atoms with Crippen LogP contribution < -0.4 is 5.56 Å². The van der Waals surface area contributed by atoms with Gasteiger partial charge in [-0.3, -0.25) is 9.36 Å². The molecule has 0 saturated carbocycles. The standard InChI is InChI=1S/C12H16N2OS2/c1-7(2)8(3)6-14-11(15)9-4-5-17-10(9)13-12(14)16/h4-5,7-8H,6H2,1-3H3,(H,13,16). The van der Waals surface area contributed by atoms with E-state index in [2.05, 4.69) is 25.8 Å². The van der Waals surface area contributed by atoms with Gasteiger partial charge in [0, 0.05) is 6.54 Å². The molecule has 92 valence electrons. The topological polar surface area (TPSA) is 37.8 Å². The molecule has 0 aliphatic heterocycles. The molecule has 1 N–H and O–H groups in total. The van der Waals surface area contributed by atoms with Gasteiger partial charge in [0.15, 0.2) is 4.77 Å². The fraction of sp³-hybridized carbons (Fsp3) is 0.500. The Hall–Kier alpha value is -0.940. The van der Waals surface area contributed by atoms with Crippen LogP contribution in [-0.4, -0.2) is 9.55 Å². The fourth-order valence-corrected chi connectivity index (χ4v) is 2.74. The number of fused-ring (bicyclic) bond motifs is 1. The van der Waals surface area contributed by atoms with E-state index in [0.717, 1.165) is 10.2 Å². The molecule has 0 bridgehead atoms. The molecule has 0 saturated heterocycles. The number of aromatic nitrogens is 2. The molecule has 2 rings (SSSR count). The van der Waals surface area contributed by atoms with Crippen LogP contribution in [0.25, 0.3) is 10.2 Å². The molecular weight excluding hydrogens is 252 g/mol. The molecule has 5 heteroatoms. The van der Waals surface area contributed by atoms with E-state index in [4.69, 9.17) is 12.2 Å². The molecule has 2 aromatic rings. The van der Waals surface area contributed by atoms with Crippen LogP contribution >= 0.6 is 23.6 Å². The predicted molar refractivity (Wildman–Crippen MR) is 75.3 cm³/mol. The van der Waals surface area contributed by atoms with Gasteiger partial charge in [-0.1, -0.05) is 20.8 Å². The van der Waals surface area contributed by atoms with Crippen molar-refractivity contribution >= 4 is 33.8 Å². The van der Waals surface area contributed by atoms with Crippen molar-refractivity contribution in [2.45, 2.75) is 27.3 Å². The van der Waals surface area contributed by atoms with Crippen LogP contribution in [0.4, 0.5) is 0 Å². The first-order valence-corrected chi connectivity index (χ1v) is 7.00. The van der Waals surface area contributed by atoms with Crippen molar-refractivity contribution in [3.8, 4) is 0 Å². The lowest BCUT2D eigenvalue weighted by atomic mass is 9.98. The van der Waals surface area contributed by atoms with Crippen molar-refractivity contribution in [1.82, 2.24) is 9.55 Å². The minimum atomic E-state index is 0.0255. The van der Waals surface area contributed by atoms with Gasteiger partial charge in [-0.05, 0) is 35.5 Å². The highest BCUT2D eigenvalue weighted by Gasteiger charge is 2.12. The minimum absolute atomic E-state index is 0.0255. The van der Waals surface area contributed by atoms with Gasteiger partial charge in [0.1, 0.15) is 4.83 Å². The number of hydrogen-bond acceptors (Lipinski definition) is 3. The number of rotatable bonds is 3. The summed E-state index contributed by atoms with van der Waals surface area (Å²) in [6.45, 7) is 7.14. The average Bonchev–Trinajstić information content (AvgIpc) is 2.71. The lowest BCUT2D eigenvalue weighted by molar-refractivity contribution is 0.357. The summed E-state index contributed by atoms with van der Waals surface area (Å²) in [5.41, 5.74) is 0.0255. The number of nitrogens with one attached hydrogen (secondary N) is 1. The van der Waals surface area contributed by atoms with Crippen molar-refractivity contribution in [1.29, 1.82) is 0 Å². The molecule has 1 atom stereocenters. The van der Waals surface area contributed by atoms with E-state index < -0.39 is 0 Å². The highest BCUT2D eigenvalue weighted by molar-refractivity contribution is 7.71. The highest BCUT2D eigenvalue weighted by atomic mass is 32.1. The first kappa shape index (κ1) is 12.5. The second kappa shape index (κ2) is 4.74. The van der Waals surface area contributed by atoms with Crippen LogP contribution in [0.3, 0.4) is 0 Å². The molecule has 0 aromatic carbocycles. The zero-order valence-corrected chi connectivity index (χ0v) is 11.8. The van der Waals surface area contributed by atoms with Gasteiger partial charge in [0.05, 0.1) is 5.39 Å². The van der Waals surface area contributed by atoms with Crippen LogP contribution in [0.5, 0.6) is 0 Å². The molecule has 0 aliphatic carbocycles. The normalized spacial score (nSPS) is 13.4. The summed E-state index contributed by atoms with van der Waals surface area (Å²) in [7, 11) is 0. The van der Waals surface area contributed by atoms with Gasteiger partial charge >= 0.3 is 0 Å². The van der Waals surface area contributed by atoms with Gasteiger partial charge < -0.3 is 4.98 Å². The van der Waals surface area contributed by atoms with E-state index in [-0.39, 0.29) is 5.56 Å². The molecule has 0 aliphatic rings. The Morgan fingerprint density at radius 3 is 2.82 bits per heavy atom. The van der Waals surface area contributed by atoms with Crippen molar-refractivity contribution in [3.63, 3.8) is 0 Å². The molecule has 17 heavy (non-hydrogen) atoms. The summed E-state index contributed by atoms with van der Waals surface area (Å²) in [6, 6.07) is 1.85. The van der Waals surface area contributed by atoms with Gasteiger partial charge in [-0.2, -0.15) is 0 Å². The highest BCUT2D eigenvalue weighted by Crippen LogP contribution is 2.16. The van der Waals surface area contributed by atoms with E-state index in [1.807, 2.05) is 11.4 Å². The largest absolute Gasteiger partial charge is 0.323 e. The van der Waals surface area contributed by atoms with Gasteiger partial charge in [-0.15, -0.1) is 11.3 Å². The monoisotopic (exact) mass is 268 g/mol. The van der Waals surface area contributed by atoms with Crippen LogP contribution in [0.1, 0.15) is 20.8 Å². The van der Waals surface area contributed by atoms with Crippen LogP contribution in [-0.2, 0) is 6.54 Å². The number of hydrogen-bond donors (Lipinski definition) is 1. The number of aromatic amines is 1. The summed E-state index contributed by atoms with van der Waals surface area (Å²) in [5, 5.41) is 2.65. The quantitative estimate of drug-likeness (QED) is 0.866. The van der Waals surface area contributed by atoms with E-state index >= 15 is 0 Å². The molecule has 0 radical (unpaired) electrons. The number of nitrogens with zero attached hydrogens (tertiary/aromatic N) is 1. The third kappa shape index (κ3) is 2.35. The Morgan fingerprint density at radius 2 is 2.18 bits per heavy atom. The smallest absolute Gasteiger partial charge is 0.263 e. The third-order valence-corrected chi connectivity index (χ3v) is 4.37. The van der Waals surface area contributed by atoms with Crippen LogP contribution in [0.15, 0.2) is 16.2 Å². The molecule has 0 fully saturated rings. The van der Waals surface area contributed by atoms with Crippen molar-refractivity contribution < 1.29 is 0 Å². The Kier molecular flexibility index (Phi) is 3.49. The zero-order valence-electron chi connectivity index (χ0n) is 10.2. The maximum absolute atomic E-state index is 12.3. The summed E-state index contributed by atoms with van der Waals surface area (Å²) in [4.78, 5) is 16.2. The molecular formula is C12H16N2OS2. The van der Waals surface area contributed by atoms with E-state index in [9.17, 15) is 4.79 Å². The van der Waals surface area contributed by atoms with Crippen molar-refractivity contribution in [3.05, 3.63) is 26.6 Å². The Labute approximate surface area is 109 Å². The molecule has 0 amide bonds. The first-order chi connectivity index (χ1) is 8.00. The molecule has 2 aromatic heterocycles. The second-order valence-corrected chi connectivity index (χ2v) is 6.03. The van der Waals surface area contributed by atoms with Gasteiger partial charge in [0.25, 0.3) is 5.56 Å². The summed E-state index contributed by atoms with van der Waals surface area (Å²) in [6.07, 6.45) is 0. The Morgan fingerprint density at radius 1 is 1.47 bits per heavy atom. The first-order valence-electron chi connectivity index (χ1n) is 5.71. The van der Waals surface area contributed by atoms with Gasteiger partial charge in [-0.25, -0.2) is 0 Å². The Balaban J connectivity index is 2.54. The Bertz CT molecular complexity index is 636. The predicted octanol–water partition coefficient (Wildman–Crippen LogP) is 3.41. The summed E-state index contributed by atoms with van der Waals surface area (Å²) < 4.78 is 2.20. The molecule has 3 nitrogen and oxygen atoms in total. The van der Waals surface area contributed by atoms with E-state index in [1.165, 1.54) is 11.3 Å². The third-order valence-electron chi connectivity index (χ3n) is 3.22. The maximum Gasteiger partial charge on any atom is 0.263 e. The van der Waals surface area contributed by atoms with Crippen LogP contribution in [0.2, 0.25) is 0 Å². The van der Waals surface area contributed by atoms with E-state index in [1.54, 1.807) is 4.57 Å². The zero-order chi connectivity index (χ0) is 12.6. The van der Waals surface area contributed by atoms with Crippen LogP contribution in [0, 0.1) is 16.6 Å². The number of H-pyrrole nitrogens is 1. The molecule has 0 spiro atoms. The maximum atomic E-state index is 12.3.